The van der Waals surface area contributed by atoms with Gasteiger partial charge < -0.3 is 14.8 Å². The summed E-state index contributed by atoms with van der Waals surface area (Å²) < 4.78 is 11.9. The lowest BCUT2D eigenvalue weighted by Crippen LogP contribution is -2.11. The minimum Gasteiger partial charge on any atom is -0.495 e. The molecule has 0 amide bonds. The van der Waals surface area contributed by atoms with E-state index in [2.05, 4.69) is 35.1 Å². The Kier molecular flexibility index (Phi) is 7.13. The molecule has 18 heavy (non-hydrogen) atoms. The molecule has 0 fully saturated rings. The smallest absolute Gasteiger partial charge is 0.142 e. The standard InChI is InChI=1S/C14H22BrNO2/c1-11(2)6-8-18-9-7-16-13-10-12(15)4-5-14(13)17-3/h4-5,10-11,16H,6-9H2,1-3H3. The maximum atomic E-state index is 5.55. The van der Waals surface area contributed by atoms with Crippen LogP contribution in [0.5, 0.6) is 5.75 Å². The van der Waals surface area contributed by atoms with Gasteiger partial charge in [0.2, 0.25) is 0 Å². The highest BCUT2D eigenvalue weighted by Gasteiger charge is 2.02. The molecule has 4 heteroatoms. The second-order valence-corrected chi connectivity index (χ2v) is 5.48. The molecular formula is C14H22BrNO2. The van der Waals surface area contributed by atoms with Crippen molar-refractivity contribution in [2.24, 2.45) is 5.92 Å². The van der Waals surface area contributed by atoms with Crippen molar-refractivity contribution in [3.05, 3.63) is 22.7 Å². The largest absolute Gasteiger partial charge is 0.495 e. The van der Waals surface area contributed by atoms with E-state index in [1.165, 1.54) is 0 Å². The zero-order valence-corrected chi connectivity index (χ0v) is 12.9. The summed E-state index contributed by atoms with van der Waals surface area (Å²) >= 11 is 3.45. The molecule has 0 bridgehead atoms. The van der Waals surface area contributed by atoms with Crippen LogP contribution in [0.4, 0.5) is 5.69 Å². The van der Waals surface area contributed by atoms with Gasteiger partial charge in [0.05, 0.1) is 19.4 Å². The van der Waals surface area contributed by atoms with Crippen LogP contribution in [0, 0.1) is 5.92 Å². The topological polar surface area (TPSA) is 30.5 Å². The Morgan fingerprint density at radius 3 is 2.72 bits per heavy atom. The van der Waals surface area contributed by atoms with Crippen molar-refractivity contribution in [2.45, 2.75) is 20.3 Å². The molecule has 1 N–H and O–H groups in total. The van der Waals surface area contributed by atoms with E-state index in [-0.39, 0.29) is 0 Å². The van der Waals surface area contributed by atoms with E-state index in [1.54, 1.807) is 7.11 Å². The molecule has 0 aliphatic carbocycles. The Morgan fingerprint density at radius 1 is 1.28 bits per heavy atom. The number of halogens is 1. The van der Waals surface area contributed by atoms with E-state index in [9.17, 15) is 0 Å². The molecule has 102 valence electrons. The number of rotatable bonds is 8. The molecule has 0 saturated heterocycles. The normalized spacial score (nSPS) is 10.7. The first-order valence-corrected chi connectivity index (χ1v) is 7.08. The molecule has 0 unspecified atom stereocenters. The number of anilines is 1. The Labute approximate surface area is 118 Å². The summed E-state index contributed by atoms with van der Waals surface area (Å²) in [5.41, 5.74) is 0.985. The number of ether oxygens (including phenoxy) is 2. The second kappa shape index (κ2) is 8.38. The summed E-state index contributed by atoms with van der Waals surface area (Å²) in [5.74, 6) is 1.54. The monoisotopic (exact) mass is 315 g/mol. The minimum absolute atomic E-state index is 0.697. The predicted molar refractivity (Wildman–Crippen MR) is 79.5 cm³/mol. The van der Waals surface area contributed by atoms with Crippen LogP contribution in [-0.4, -0.2) is 26.9 Å². The fraction of sp³-hybridized carbons (Fsp3) is 0.571. The molecule has 1 rings (SSSR count). The molecule has 0 atom stereocenters. The van der Waals surface area contributed by atoms with Crippen LogP contribution < -0.4 is 10.1 Å². The van der Waals surface area contributed by atoms with Gasteiger partial charge in [-0.15, -0.1) is 0 Å². The highest BCUT2D eigenvalue weighted by Crippen LogP contribution is 2.27. The summed E-state index contributed by atoms with van der Waals surface area (Å²) in [7, 11) is 1.67. The van der Waals surface area contributed by atoms with Crippen LogP contribution in [-0.2, 0) is 4.74 Å². The summed E-state index contributed by atoms with van der Waals surface area (Å²) in [6.45, 7) is 6.73. The summed E-state index contributed by atoms with van der Waals surface area (Å²) in [6.07, 6.45) is 1.11. The van der Waals surface area contributed by atoms with Gasteiger partial charge in [0, 0.05) is 17.6 Å². The predicted octanol–water partition coefficient (Wildman–Crippen LogP) is 3.93. The Morgan fingerprint density at radius 2 is 2.06 bits per heavy atom. The van der Waals surface area contributed by atoms with Crippen molar-refractivity contribution in [2.75, 3.05) is 32.2 Å². The van der Waals surface area contributed by atoms with Crippen molar-refractivity contribution in [3.8, 4) is 5.75 Å². The van der Waals surface area contributed by atoms with Gasteiger partial charge in [-0.3, -0.25) is 0 Å². The second-order valence-electron chi connectivity index (χ2n) is 4.57. The van der Waals surface area contributed by atoms with Crippen LogP contribution in [0.15, 0.2) is 22.7 Å². The Balaban J connectivity index is 2.28. The van der Waals surface area contributed by atoms with Gasteiger partial charge in [0.15, 0.2) is 0 Å². The van der Waals surface area contributed by atoms with Crippen LogP contribution in [0.1, 0.15) is 20.3 Å². The molecule has 1 aromatic rings. The van der Waals surface area contributed by atoms with Gasteiger partial charge in [0.25, 0.3) is 0 Å². The van der Waals surface area contributed by atoms with Crippen molar-refractivity contribution in [1.29, 1.82) is 0 Å². The fourth-order valence-electron chi connectivity index (χ4n) is 1.50. The van der Waals surface area contributed by atoms with Gasteiger partial charge in [0.1, 0.15) is 5.75 Å². The van der Waals surface area contributed by atoms with E-state index in [4.69, 9.17) is 9.47 Å². The zero-order chi connectivity index (χ0) is 13.4. The number of hydrogen-bond acceptors (Lipinski definition) is 3. The van der Waals surface area contributed by atoms with E-state index >= 15 is 0 Å². The lowest BCUT2D eigenvalue weighted by atomic mass is 10.1. The molecule has 0 radical (unpaired) electrons. The Bertz CT molecular complexity index is 356. The highest BCUT2D eigenvalue weighted by atomic mass is 79.9. The molecule has 3 nitrogen and oxygen atoms in total. The van der Waals surface area contributed by atoms with Gasteiger partial charge in [-0.25, -0.2) is 0 Å². The first-order valence-electron chi connectivity index (χ1n) is 6.28. The quantitative estimate of drug-likeness (QED) is 0.737. The van der Waals surface area contributed by atoms with E-state index in [1.807, 2.05) is 18.2 Å². The number of hydrogen-bond donors (Lipinski definition) is 1. The third-order valence-electron chi connectivity index (χ3n) is 2.56. The van der Waals surface area contributed by atoms with Crippen molar-refractivity contribution >= 4 is 21.6 Å². The maximum Gasteiger partial charge on any atom is 0.142 e. The first kappa shape index (κ1) is 15.3. The van der Waals surface area contributed by atoms with Gasteiger partial charge in [-0.2, -0.15) is 0 Å². The molecule has 0 heterocycles. The van der Waals surface area contributed by atoms with Crippen LogP contribution >= 0.6 is 15.9 Å². The van der Waals surface area contributed by atoms with E-state index in [0.717, 1.165) is 35.5 Å². The van der Waals surface area contributed by atoms with Gasteiger partial charge in [-0.1, -0.05) is 29.8 Å². The highest BCUT2D eigenvalue weighted by molar-refractivity contribution is 9.10. The summed E-state index contributed by atoms with van der Waals surface area (Å²) in [6, 6.07) is 5.90. The van der Waals surface area contributed by atoms with Crippen molar-refractivity contribution in [1.82, 2.24) is 0 Å². The van der Waals surface area contributed by atoms with E-state index in [0.29, 0.717) is 12.5 Å². The number of nitrogens with one attached hydrogen (secondary N) is 1. The van der Waals surface area contributed by atoms with E-state index < -0.39 is 0 Å². The summed E-state index contributed by atoms with van der Waals surface area (Å²) in [5, 5.41) is 3.31. The number of methoxy groups -OCH3 is 1. The Hall–Kier alpha value is -0.740. The van der Waals surface area contributed by atoms with Crippen LogP contribution in [0.3, 0.4) is 0 Å². The zero-order valence-electron chi connectivity index (χ0n) is 11.3. The third-order valence-corrected chi connectivity index (χ3v) is 3.06. The molecular weight excluding hydrogens is 294 g/mol. The lowest BCUT2D eigenvalue weighted by Gasteiger charge is -2.12. The fourth-order valence-corrected chi connectivity index (χ4v) is 1.86. The molecule has 0 aromatic heterocycles. The lowest BCUT2D eigenvalue weighted by molar-refractivity contribution is 0.132. The van der Waals surface area contributed by atoms with Crippen molar-refractivity contribution < 1.29 is 9.47 Å². The van der Waals surface area contributed by atoms with Gasteiger partial charge in [-0.05, 0) is 30.5 Å². The molecule has 1 aromatic carbocycles. The SMILES string of the molecule is COc1ccc(Br)cc1NCCOCCC(C)C. The molecule has 0 aliphatic rings. The van der Waals surface area contributed by atoms with Gasteiger partial charge >= 0.3 is 0 Å². The maximum absolute atomic E-state index is 5.55. The number of benzene rings is 1. The van der Waals surface area contributed by atoms with Crippen molar-refractivity contribution in [3.63, 3.8) is 0 Å². The van der Waals surface area contributed by atoms with Crippen LogP contribution in [0.25, 0.3) is 0 Å². The summed E-state index contributed by atoms with van der Waals surface area (Å²) in [4.78, 5) is 0. The average Bonchev–Trinajstić information content (AvgIpc) is 2.33. The minimum atomic E-state index is 0.697. The van der Waals surface area contributed by atoms with Crippen LogP contribution in [0.2, 0.25) is 0 Å². The molecule has 0 spiro atoms. The third kappa shape index (κ3) is 5.74. The first-order chi connectivity index (χ1) is 8.63. The molecule has 0 saturated carbocycles. The molecule has 0 aliphatic heterocycles. The average molecular weight is 316 g/mol.